The van der Waals surface area contributed by atoms with E-state index in [1.54, 1.807) is 13.0 Å². The van der Waals surface area contributed by atoms with Gasteiger partial charge < -0.3 is 10.4 Å². The molecule has 0 aliphatic rings. The van der Waals surface area contributed by atoms with E-state index in [-0.39, 0.29) is 5.91 Å². The summed E-state index contributed by atoms with van der Waals surface area (Å²) < 4.78 is 1.89. The molecule has 0 saturated carbocycles. The van der Waals surface area contributed by atoms with Gasteiger partial charge in [0, 0.05) is 11.3 Å². The van der Waals surface area contributed by atoms with Crippen LogP contribution in [0.1, 0.15) is 45.8 Å². The second-order valence-corrected chi connectivity index (χ2v) is 7.27. The summed E-state index contributed by atoms with van der Waals surface area (Å²) in [6, 6.07) is 17.9. The van der Waals surface area contributed by atoms with Crippen molar-refractivity contribution in [3.05, 3.63) is 88.7 Å². The molecule has 1 aromatic heterocycles. The van der Waals surface area contributed by atoms with E-state index in [2.05, 4.69) is 10.4 Å². The number of carbonyl (C=O) groups excluding carboxylic acids is 1. The van der Waals surface area contributed by atoms with Crippen LogP contribution in [0.5, 0.6) is 0 Å². The molecule has 0 bridgehead atoms. The van der Waals surface area contributed by atoms with Crippen LogP contribution in [0, 0.1) is 19.8 Å². The van der Waals surface area contributed by atoms with E-state index in [0.717, 1.165) is 22.5 Å². The summed E-state index contributed by atoms with van der Waals surface area (Å²) in [5.74, 6) is -2.03. The van der Waals surface area contributed by atoms with Crippen molar-refractivity contribution in [1.82, 2.24) is 15.1 Å². The van der Waals surface area contributed by atoms with Gasteiger partial charge in [-0.05, 0) is 50.1 Å². The highest BCUT2D eigenvalue weighted by molar-refractivity contribution is 5.95. The van der Waals surface area contributed by atoms with E-state index in [9.17, 15) is 14.7 Å². The maximum absolute atomic E-state index is 12.9. The fraction of sp³-hybridized carbons (Fsp3) is 0.261. The quantitative estimate of drug-likeness (QED) is 0.643. The Labute approximate surface area is 170 Å². The summed E-state index contributed by atoms with van der Waals surface area (Å²) in [4.78, 5) is 24.5. The SMILES string of the molecule is Cc1cc(C)n(Cc2cccc(C(=O)NC(c3ccccc3)C(C)C(=O)O)c2)n1. The summed E-state index contributed by atoms with van der Waals surface area (Å²) in [5, 5.41) is 16.8. The van der Waals surface area contributed by atoms with Gasteiger partial charge in [0.2, 0.25) is 0 Å². The summed E-state index contributed by atoms with van der Waals surface area (Å²) in [6.07, 6.45) is 0. The molecule has 0 saturated heterocycles. The fourth-order valence-electron chi connectivity index (χ4n) is 3.34. The van der Waals surface area contributed by atoms with Crippen molar-refractivity contribution in [2.45, 2.75) is 33.4 Å². The molecule has 0 fully saturated rings. The Hall–Kier alpha value is -3.41. The number of benzene rings is 2. The van der Waals surface area contributed by atoms with Crippen LogP contribution in [-0.2, 0) is 11.3 Å². The monoisotopic (exact) mass is 391 g/mol. The van der Waals surface area contributed by atoms with Gasteiger partial charge in [-0.1, -0.05) is 42.5 Å². The van der Waals surface area contributed by atoms with Crippen molar-refractivity contribution in [3.8, 4) is 0 Å². The van der Waals surface area contributed by atoms with Crippen LogP contribution in [0.25, 0.3) is 0 Å². The van der Waals surface area contributed by atoms with E-state index in [0.29, 0.717) is 12.1 Å². The van der Waals surface area contributed by atoms with Crippen LogP contribution in [0.2, 0.25) is 0 Å². The number of amides is 1. The first-order valence-corrected chi connectivity index (χ1v) is 9.53. The summed E-state index contributed by atoms with van der Waals surface area (Å²) >= 11 is 0. The van der Waals surface area contributed by atoms with Gasteiger partial charge in [0.1, 0.15) is 0 Å². The predicted octanol–water partition coefficient (Wildman–Crippen LogP) is 3.74. The van der Waals surface area contributed by atoms with Crippen molar-refractivity contribution < 1.29 is 14.7 Å². The molecule has 3 aromatic rings. The van der Waals surface area contributed by atoms with Crippen molar-refractivity contribution in [3.63, 3.8) is 0 Å². The van der Waals surface area contributed by atoms with Crippen LogP contribution in [0.4, 0.5) is 0 Å². The molecule has 0 aliphatic carbocycles. The van der Waals surface area contributed by atoms with Crippen molar-refractivity contribution >= 4 is 11.9 Å². The number of nitrogens with zero attached hydrogens (tertiary/aromatic N) is 2. The molecule has 0 spiro atoms. The molecule has 2 N–H and O–H groups in total. The van der Waals surface area contributed by atoms with E-state index < -0.39 is 17.9 Å². The van der Waals surface area contributed by atoms with Crippen LogP contribution < -0.4 is 5.32 Å². The molecule has 1 amide bonds. The number of aromatic nitrogens is 2. The highest BCUT2D eigenvalue weighted by Crippen LogP contribution is 2.23. The molecular weight excluding hydrogens is 366 g/mol. The first kappa shape index (κ1) is 20.3. The van der Waals surface area contributed by atoms with Crippen molar-refractivity contribution in [2.75, 3.05) is 0 Å². The van der Waals surface area contributed by atoms with Gasteiger partial charge in [0.15, 0.2) is 0 Å². The minimum atomic E-state index is -0.961. The number of aliphatic carboxylic acids is 1. The Morgan fingerprint density at radius 2 is 1.79 bits per heavy atom. The lowest BCUT2D eigenvalue weighted by Gasteiger charge is -2.23. The van der Waals surface area contributed by atoms with Crippen molar-refractivity contribution in [1.29, 1.82) is 0 Å². The lowest BCUT2D eigenvalue weighted by Crippen LogP contribution is -2.35. The first-order chi connectivity index (χ1) is 13.8. The van der Waals surface area contributed by atoms with E-state index in [4.69, 9.17) is 0 Å². The lowest BCUT2D eigenvalue weighted by atomic mass is 9.94. The molecule has 0 radical (unpaired) electrons. The number of hydrogen-bond donors (Lipinski definition) is 2. The molecule has 2 aromatic carbocycles. The van der Waals surface area contributed by atoms with Crippen LogP contribution >= 0.6 is 0 Å². The van der Waals surface area contributed by atoms with Crippen LogP contribution in [0.3, 0.4) is 0 Å². The Kier molecular flexibility index (Phi) is 6.12. The maximum Gasteiger partial charge on any atom is 0.308 e. The molecule has 6 heteroatoms. The molecule has 0 aliphatic heterocycles. The van der Waals surface area contributed by atoms with Gasteiger partial charge in [-0.3, -0.25) is 14.3 Å². The highest BCUT2D eigenvalue weighted by atomic mass is 16.4. The van der Waals surface area contributed by atoms with Crippen molar-refractivity contribution in [2.24, 2.45) is 5.92 Å². The number of nitrogens with one attached hydrogen (secondary N) is 1. The normalized spacial score (nSPS) is 12.9. The second kappa shape index (κ2) is 8.73. The smallest absolute Gasteiger partial charge is 0.308 e. The standard InChI is InChI=1S/C23H25N3O3/c1-15-12-16(2)26(25-15)14-18-8-7-11-20(13-18)22(27)24-21(17(3)23(28)29)19-9-5-4-6-10-19/h4-13,17,21H,14H2,1-3H3,(H,24,27)(H,28,29). The van der Waals surface area contributed by atoms with E-state index >= 15 is 0 Å². The molecule has 150 valence electrons. The second-order valence-electron chi connectivity index (χ2n) is 7.27. The number of rotatable bonds is 7. The fourth-order valence-corrected chi connectivity index (χ4v) is 3.34. The molecular formula is C23H25N3O3. The predicted molar refractivity (Wildman–Crippen MR) is 111 cm³/mol. The Morgan fingerprint density at radius 3 is 2.41 bits per heavy atom. The third kappa shape index (κ3) is 4.90. The Morgan fingerprint density at radius 1 is 1.07 bits per heavy atom. The Bertz CT molecular complexity index is 1010. The first-order valence-electron chi connectivity index (χ1n) is 9.53. The minimum absolute atomic E-state index is 0.304. The average Bonchev–Trinajstić information content (AvgIpc) is 3.02. The van der Waals surface area contributed by atoms with Crippen LogP contribution in [0.15, 0.2) is 60.7 Å². The van der Waals surface area contributed by atoms with Gasteiger partial charge >= 0.3 is 5.97 Å². The van der Waals surface area contributed by atoms with E-state index in [1.807, 2.05) is 73.1 Å². The third-order valence-corrected chi connectivity index (χ3v) is 4.96. The largest absolute Gasteiger partial charge is 0.481 e. The zero-order valence-corrected chi connectivity index (χ0v) is 16.8. The number of carbonyl (C=O) groups is 2. The third-order valence-electron chi connectivity index (χ3n) is 4.96. The minimum Gasteiger partial charge on any atom is -0.481 e. The zero-order chi connectivity index (χ0) is 21.0. The number of carboxylic acid groups (broad SMARTS) is 1. The summed E-state index contributed by atoms with van der Waals surface area (Å²) in [5.41, 5.74) is 4.20. The topological polar surface area (TPSA) is 84.2 Å². The molecule has 1 heterocycles. The van der Waals surface area contributed by atoms with Gasteiger partial charge in [-0.2, -0.15) is 5.10 Å². The number of hydrogen-bond acceptors (Lipinski definition) is 3. The number of carboxylic acids is 1. The maximum atomic E-state index is 12.9. The molecule has 29 heavy (non-hydrogen) atoms. The molecule has 6 nitrogen and oxygen atoms in total. The van der Waals surface area contributed by atoms with Crippen LogP contribution in [-0.4, -0.2) is 26.8 Å². The molecule has 2 unspecified atom stereocenters. The molecule has 2 atom stereocenters. The highest BCUT2D eigenvalue weighted by Gasteiger charge is 2.27. The summed E-state index contributed by atoms with van der Waals surface area (Å²) in [6.45, 7) is 6.10. The van der Waals surface area contributed by atoms with Gasteiger partial charge in [-0.15, -0.1) is 0 Å². The van der Waals surface area contributed by atoms with Gasteiger partial charge in [-0.25, -0.2) is 0 Å². The van der Waals surface area contributed by atoms with Gasteiger partial charge in [0.25, 0.3) is 5.91 Å². The zero-order valence-electron chi connectivity index (χ0n) is 16.8. The van der Waals surface area contributed by atoms with Gasteiger partial charge in [0.05, 0.1) is 24.2 Å². The molecule has 3 rings (SSSR count). The van der Waals surface area contributed by atoms with E-state index in [1.165, 1.54) is 0 Å². The number of aryl methyl sites for hydroxylation is 2. The average molecular weight is 391 g/mol. The summed E-state index contributed by atoms with van der Waals surface area (Å²) in [7, 11) is 0. The Balaban J connectivity index is 1.81. The lowest BCUT2D eigenvalue weighted by molar-refractivity contribution is -0.142.